The molecule has 1 saturated heterocycles. The number of rotatable bonds is 5. The maximum absolute atomic E-state index is 12.5. The van der Waals surface area contributed by atoms with Crippen molar-refractivity contribution >= 4 is 11.9 Å². The van der Waals surface area contributed by atoms with E-state index < -0.39 is 12.0 Å². The van der Waals surface area contributed by atoms with Crippen molar-refractivity contribution in [3.05, 3.63) is 29.8 Å². The van der Waals surface area contributed by atoms with Gasteiger partial charge >= 0.3 is 5.97 Å². The molecule has 6 nitrogen and oxygen atoms in total. The van der Waals surface area contributed by atoms with Crippen molar-refractivity contribution in [1.29, 1.82) is 0 Å². The number of aliphatic carboxylic acids is 1. The number of carbonyl (C=O) groups excluding carboxylic acids is 1. The molecule has 1 N–H and O–H groups in total. The number of amides is 1. The summed E-state index contributed by atoms with van der Waals surface area (Å²) in [5.74, 6) is -0.626. The Kier molecular flexibility index (Phi) is 4.80. The van der Waals surface area contributed by atoms with E-state index in [-0.39, 0.29) is 12.0 Å². The minimum atomic E-state index is -1.01. The summed E-state index contributed by atoms with van der Waals surface area (Å²) in [5, 5.41) is 9.24. The molecule has 0 bridgehead atoms. The van der Waals surface area contributed by atoms with Gasteiger partial charge in [0.2, 0.25) is 0 Å². The third-order valence-electron chi connectivity index (χ3n) is 3.55. The van der Waals surface area contributed by atoms with Crippen LogP contribution in [0.2, 0.25) is 0 Å². The van der Waals surface area contributed by atoms with Gasteiger partial charge in [-0.25, -0.2) is 4.79 Å². The first-order valence-corrected chi connectivity index (χ1v) is 6.86. The Hall–Kier alpha value is -2.08. The first-order valence-electron chi connectivity index (χ1n) is 6.86. The zero-order chi connectivity index (χ0) is 15.4. The van der Waals surface area contributed by atoms with E-state index in [4.69, 9.17) is 9.47 Å². The number of hydrogen-bond acceptors (Lipinski definition) is 4. The van der Waals surface area contributed by atoms with Gasteiger partial charge in [-0.3, -0.25) is 4.79 Å². The average molecular weight is 293 g/mol. The van der Waals surface area contributed by atoms with E-state index in [1.807, 2.05) is 6.92 Å². The highest BCUT2D eigenvalue weighted by atomic mass is 16.5. The largest absolute Gasteiger partial charge is 0.494 e. The van der Waals surface area contributed by atoms with E-state index in [1.54, 1.807) is 24.3 Å². The number of methoxy groups -OCH3 is 1. The molecule has 1 heterocycles. The molecule has 2 rings (SSSR count). The first kappa shape index (κ1) is 15.3. The Labute approximate surface area is 123 Å². The van der Waals surface area contributed by atoms with Crippen LogP contribution in [0.1, 0.15) is 23.7 Å². The maximum atomic E-state index is 12.5. The number of carboxylic acids is 1. The van der Waals surface area contributed by atoms with Crippen molar-refractivity contribution in [2.24, 2.45) is 0 Å². The number of benzene rings is 1. The van der Waals surface area contributed by atoms with Gasteiger partial charge in [-0.15, -0.1) is 0 Å². The average Bonchev–Trinajstić information content (AvgIpc) is 2.92. The van der Waals surface area contributed by atoms with Crippen molar-refractivity contribution in [2.45, 2.75) is 25.5 Å². The Morgan fingerprint density at radius 3 is 2.52 bits per heavy atom. The van der Waals surface area contributed by atoms with Gasteiger partial charge in [-0.1, -0.05) is 0 Å². The molecule has 0 saturated carbocycles. The maximum Gasteiger partial charge on any atom is 0.326 e. The highest BCUT2D eigenvalue weighted by Gasteiger charge is 2.40. The van der Waals surface area contributed by atoms with Crippen LogP contribution < -0.4 is 4.74 Å². The van der Waals surface area contributed by atoms with E-state index in [0.717, 1.165) is 0 Å². The molecule has 114 valence electrons. The molecule has 0 unspecified atom stereocenters. The monoisotopic (exact) mass is 293 g/mol. The summed E-state index contributed by atoms with van der Waals surface area (Å²) in [5.41, 5.74) is 0.446. The zero-order valence-electron chi connectivity index (χ0n) is 12.1. The number of carboxylic acid groups (broad SMARTS) is 1. The molecular weight excluding hydrogens is 274 g/mol. The minimum Gasteiger partial charge on any atom is -0.494 e. The third kappa shape index (κ3) is 3.33. The predicted octanol–water partition coefficient (Wildman–Crippen LogP) is 1.40. The fraction of sp³-hybridized carbons (Fsp3) is 0.467. The molecular formula is C15H19NO5. The van der Waals surface area contributed by atoms with Crippen LogP contribution >= 0.6 is 0 Å². The highest BCUT2D eigenvalue weighted by Crippen LogP contribution is 2.23. The van der Waals surface area contributed by atoms with Gasteiger partial charge in [0.05, 0.1) is 12.7 Å². The molecule has 1 aliphatic heterocycles. The molecule has 2 atom stereocenters. The van der Waals surface area contributed by atoms with Crippen LogP contribution in [0.4, 0.5) is 0 Å². The van der Waals surface area contributed by atoms with E-state index in [1.165, 1.54) is 12.0 Å². The lowest BCUT2D eigenvalue weighted by Crippen LogP contribution is -2.40. The Balaban J connectivity index is 2.15. The van der Waals surface area contributed by atoms with Gasteiger partial charge in [0.1, 0.15) is 11.8 Å². The van der Waals surface area contributed by atoms with Crippen LogP contribution in [-0.2, 0) is 9.53 Å². The summed E-state index contributed by atoms with van der Waals surface area (Å²) >= 11 is 0. The summed E-state index contributed by atoms with van der Waals surface area (Å²) in [7, 11) is 1.52. The van der Waals surface area contributed by atoms with Crippen molar-refractivity contribution in [3.8, 4) is 5.75 Å². The topological polar surface area (TPSA) is 76.1 Å². The van der Waals surface area contributed by atoms with Crippen LogP contribution in [0.3, 0.4) is 0 Å². The van der Waals surface area contributed by atoms with Crippen LogP contribution in [0, 0.1) is 0 Å². The molecule has 0 aliphatic carbocycles. The molecule has 6 heteroatoms. The fourth-order valence-electron chi connectivity index (χ4n) is 2.45. The van der Waals surface area contributed by atoms with Gasteiger partial charge in [0.15, 0.2) is 0 Å². The van der Waals surface area contributed by atoms with Gasteiger partial charge in [0, 0.05) is 25.6 Å². The normalized spacial score (nSPS) is 21.3. The smallest absolute Gasteiger partial charge is 0.326 e. The zero-order valence-corrected chi connectivity index (χ0v) is 12.1. The van der Waals surface area contributed by atoms with Gasteiger partial charge in [-0.2, -0.15) is 0 Å². The molecule has 1 aliphatic rings. The first-order chi connectivity index (χ1) is 10.1. The standard InChI is InChI=1S/C15H19NO5/c1-3-21-11-6-4-10(5-7-11)14(17)16-9-12(20-2)8-13(16)15(18)19/h4-7,12-13H,3,8-9H2,1-2H3,(H,18,19)/t12-,13+/m1/s1. The summed E-state index contributed by atoms with van der Waals surface area (Å²) in [6.07, 6.45) is 0.0759. The lowest BCUT2D eigenvalue weighted by atomic mass is 10.1. The highest BCUT2D eigenvalue weighted by molar-refractivity contribution is 5.97. The minimum absolute atomic E-state index is 0.238. The molecule has 0 radical (unpaired) electrons. The summed E-state index contributed by atoms with van der Waals surface area (Å²) in [4.78, 5) is 25.1. The van der Waals surface area contributed by atoms with Crippen molar-refractivity contribution in [2.75, 3.05) is 20.3 Å². The fourth-order valence-corrected chi connectivity index (χ4v) is 2.45. The van der Waals surface area contributed by atoms with Gasteiger partial charge < -0.3 is 19.5 Å². The van der Waals surface area contributed by atoms with Crippen LogP contribution in [0.25, 0.3) is 0 Å². The number of carbonyl (C=O) groups is 2. The molecule has 1 aromatic carbocycles. The van der Waals surface area contributed by atoms with E-state index >= 15 is 0 Å². The molecule has 1 fully saturated rings. The predicted molar refractivity (Wildman–Crippen MR) is 75.5 cm³/mol. The second kappa shape index (κ2) is 6.58. The second-order valence-corrected chi connectivity index (χ2v) is 4.86. The van der Waals surface area contributed by atoms with E-state index in [2.05, 4.69) is 0 Å². The van der Waals surface area contributed by atoms with Crippen LogP contribution in [0.15, 0.2) is 24.3 Å². The molecule has 0 spiro atoms. The quantitative estimate of drug-likeness (QED) is 0.888. The molecule has 21 heavy (non-hydrogen) atoms. The Bertz CT molecular complexity index is 513. The second-order valence-electron chi connectivity index (χ2n) is 4.86. The van der Waals surface area contributed by atoms with Crippen molar-refractivity contribution in [1.82, 2.24) is 4.90 Å². The Morgan fingerprint density at radius 2 is 2.00 bits per heavy atom. The SMILES string of the molecule is CCOc1ccc(C(=O)N2C[C@H](OC)C[C@H]2C(=O)O)cc1. The number of likely N-dealkylation sites (tertiary alicyclic amines) is 1. The van der Waals surface area contributed by atoms with Crippen molar-refractivity contribution in [3.63, 3.8) is 0 Å². The molecule has 1 aromatic rings. The van der Waals surface area contributed by atoms with Crippen molar-refractivity contribution < 1.29 is 24.2 Å². The van der Waals surface area contributed by atoms with E-state index in [0.29, 0.717) is 30.9 Å². The van der Waals surface area contributed by atoms with Crippen LogP contribution in [0.5, 0.6) is 5.75 Å². The molecule has 1 amide bonds. The summed E-state index contributed by atoms with van der Waals surface area (Å²) in [6, 6.07) is 5.86. The lowest BCUT2D eigenvalue weighted by molar-refractivity contribution is -0.141. The van der Waals surface area contributed by atoms with Gasteiger partial charge in [0.25, 0.3) is 5.91 Å². The van der Waals surface area contributed by atoms with Crippen LogP contribution in [-0.4, -0.2) is 54.3 Å². The summed E-state index contributed by atoms with van der Waals surface area (Å²) < 4.78 is 10.5. The number of hydrogen-bond donors (Lipinski definition) is 1. The molecule has 0 aromatic heterocycles. The Morgan fingerprint density at radius 1 is 1.33 bits per heavy atom. The number of nitrogens with zero attached hydrogens (tertiary/aromatic N) is 1. The van der Waals surface area contributed by atoms with E-state index in [9.17, 15) is 14.7 Å². The number of ether oxygens (including phenoxy) is 2. The lowest BCUT2D eigenvalue weighted by Gasteiger charge is -2.21. The summed E-state index contributed by atoms with van der Waals surface area (Å²) in [6.45, 7) is 2.72. The van der Waals surface area contributed by atoms with Gasteiger partial charge in [-0.05, 0) is 31.2 Å². The third-order valence-corrected chi connectivity index (χ3v) is 3.55.